The summed E-state index contributed by atoms with van der Waals surface area (Å²) in [5.41, 5.74) is 0. The standard InChI is InChI=1S/3C8H19O3P.Cr/c3*1-3-4-5-6-7-8(2)11-12(9)10;/h3*8,12H,3-7H2,1-2H3,(H,9,10);/q;;;+3/p-3. The maximum atomic E-state index is 10.2. The second kappa shape index (κ2) is 35.0. The van der Waals surface area contributed by atoms with E-state index in [0.29, 0.717) is 0 Å². The average Bonchev–Trinajstić information content (AvgIpc) is 2.77. The van der Waals surface area contributed by atoms with Crippen LogP contribution in [0.5, 0.6) is 0 Å². The first kappa shape index (κ1) is 45.0. The van der Waals surface area contributed by atoms with Gasteiger partial charge in [-0.05, 0) is 40.0 Å². The van der Waals surface area contributed by atoms with Gasteiger partial charge in [0.1, 0.15) is 24.8 Å². The quantitative estimate of drug-likeness (QED) is 0.105. The van der Waals surface area contributed by atoms with E-state index in [1.165, 1.54) is 57.8 Å². The van der Waals surface area contributed by atoms with E-state index in [1.54, 1.807) is 20.8 Å². The van der Waals surface area contributed by atoms with Gasteiger partial charge in [0.15, 0.2) is 0 Å². The maximum Gasteiger partial charge on any atom is 3.00 e. The fourth-order valence-electron chi connectivity index (χ4n) is 3.25. The third-order valence-electron chi connectivity index (χ3n) is 5.28. The van der Waals surface area contributed by atoms with Gasteiger partial charge in [-0.1, -0.05) is 97.8 Å². The Bertz CT molecular complexity index is 460. The van der Waals surface area contributed by atoms with Crippen molar-refractivity contribution in [2.75, 3.05) is 0 Å². The van der Waals surface area contributed by atoms with Crippen LogP contribution in [0.25, 0.3) is 0 Å². The third-order valence-corrected chi connectivity index (χ3v) is 7.07. The van der Waals surface area contributed by atoms with Gasteiger partial charge in [0.2, 0.25) is 0 Å². The van der Waals surface area contributed by atoms with Gasteiger partial charge in [-0.3, -0.25) is 0 Å². The van der Waals surface area contributed by atoms with Crippen molar-refractivity contribution in [2.45, 2.75) is 156 Å². The monoisotopic (exact) mass is 631 g/mol. The molecule has 6 atom stereocenters. The first-order chi connectivity index (χ1) is 17.0. The van der Waals surface area contributed by atoms with Gasteiger partial charge in [0, 0.05) is 0 Å². The predicted molar refractivity (Wildman–Crippen MR) is 145 cm³/mol. The fourth-order valence-corrected chi connectivity index (χ4v) is 4.58. The zero-order chi connectivity index (χ0) is 28.2. The molecule has 0 aliphatic carbocycles. The minimum absolute atomic E-state index is 0. The van der Waals surface area contributed by atoms with Crippen LogP contribution in [0.2, 0.25) is 0 Å². The van der Waals surface area contributed by atoms with Crippen LogP contribution in [0, 0.1) is 0 Å². The Hall–Kier alpha value is 0.982. The van der Waals surface area contributed by atoms with Crippen molar-refractivity contribution in [3.63, 3.8) is 0 Å². The van der Waals surface area contributed by atoms with E-state index < -0.39 is 24.8 Å². The summed E-state index contributed by atoms with van der Waals surface area (Å²) in [6.45, 7) is 11.8. The summed E-state index contributed by atoms with van der Waals surface area (Å²) in [6, 6.07) is 0. The Morgan fingerprint density at radius 1 is 0.486 bits per heavy atom. The van der Waals surface area contributed by atoms with Crippen LogP contribution in [0.15, 0.2) is 0 Å². The maximum absolute atomic E-state index is 10.2. The van der Waals surface area contributed by atoms with E-state index in [-0.39, 0.29) is 35.7 Å². The number of hydrogen-bond donors (Lipinski definition) is 0. The molecule has 37 heavy (non-hydrogen) atoms. The Morgan fingerprint density at radius 2 is 0.703 bits per heavy atom. The molecular weight excluding hydrogens is 577 g/mol. The molecule has 0 heterocycles. The average molecular weight is 632 g/mol. The molecular formula is C24H54CrO9P3. The molecule has 13 heteroatoms. The fraction of sp³-hybridized carbons (Fsp3) is 1.00. The molecule has 0 aromatic carbocycles. The van der Waals surface area contributed by atoms with Crippen LogP contribution in [-0.2, 0) is 44.6 Å². The van der Waals surface area contributed by atoms with Gasteiger partial charge < -0.3 is 41.9 Å². The van der Waals surface area contributed by atoms with E-state index in [9.17, 15) is 28.4 Å². The van der Waals surface area contributed by atoms with Crippen molar-refractivity contribution in [3.05, 3.63) is 0 Å². The number of rotatable bonds is 21. The Labute approximate surface area is 239 Å². The van der Waals surface area contributed by atoms with Gasteiger partial charge in [-0.25, -0.2) is 0 Å². The zero-order valence-corrected chi connectivity index (χ0v) is 28.2. The van der Waals surface area contributed by atoms with Crippen LogP contribution in [-0.4, -0.2) is 18.3 Å². The first-order valence-electron chi connectivity index (χ1n) is 13.6. The van der Waals surface area contributed by atoms with E-state index in [1.807, 2.05) is 0 Å². The number of unbranched alkanes of at least 4 members (excludes halogenated alkanes) is 9. The predicted octanol–water partition coefficient (Wildman–Crippen LogP) is 6.33. The molecule has 9 nitrogen and oxygen atoms in total. The summed E-state index contributed by atoms with van der Waals surface area (Å²) in [5, 5.41) is 0. The molecule has 1 radical (unpaired) electrons. The van der Waals surface area contributed by atoms with Crippen molar-refractivity contribution < 1.29 is 59.3 Å². The van der Waals surface area contributed by atoms with Crippen LogP contribution in [0.1, 0.15) is 138 Å². The summed E-state index contributed by atoms with van der Waals surface area (Å²) < 4.78 is 44.3. The third kappa shape index (κ3) is 47.1. The molecule has 0 aliphatic heterocycles. The van der Waals surface area contributed by atoms with Crippen LogP contribution >= 0.6 is 24.8 Å². The summed E-state index contributed by atoms with van der Waals surface area (Å²) in [4.78, 5) is 30.5. The normalized spacial score (nSPS) is 15.5. The van der Waals surface area contributed by atoms with E-state index in [0.717, 1.165) is 38.5 Å². The minimum atomic E-state index is -2.98. The summed E-state index contributed by atoms with van der Waals surface area (Å²) >= 11 is 0. The molecule has 225 valence electrons. The SMILES string of the molecule is CCCCCCC(C)O[PH](=O)[O-].CCCCCCC(C)O[PH](=O)[O-].CCCCCCC(C)O[PH](=O)[O-].[Cr+3]. The van der Waals surface area contributed by atoms with Gasteiger partial charge in [0.25, 0.3) is 0 Å². The molecule has 0 aromatic rings. The molecule has 0 saturated carbocycles. The smallest absolute Gasteiger partial charge is 0.781 e. The largest absolute Gasteiger partial charge is 3.00 e. The van der Waals surface area contributed by atoms with E-state index in [4.69, 9.17) is 0 Å². The number of hydrogen-bond acceptors (Lipinski definition) is 9. The molecule has 0 N–H and O–H groups in total. The molecule has 0 spiro atoms. The van der Waals surface area contributed by atoms with E-state index >= 15 is 0 Å². The van der Waals surface area contributed by atoms with Crippen molar-refractivity contribution in [2.24, 2.45) is 0 Å². The van der Waals surface area contributed by atoms with Gasteiger partial charge in [-0.15, -0.1) is 0 Å². The van der Waals surface area contributed by atoms with Gasteiger partial charge >= 0.3 is 17.4 Å². The van der Waals surface area contributed by atoms with E-state index in [2.05, 4.69) is 34.3 Å². The summed E-state index contributed by atoms with van der Waals surface area (Å²) in [5.74, 6) is 0. The summed E-state index contributed by atoms with van der Waals surface area (Å²) in [7, 11) is -8.93. The zero-order valence-electron chi connectivity index (χ0n) is 23.9. The molecule has 6 unspecified atom stereocenters. The van der Waals surface area contributed by atoms with Crippen LogP contribution in [0.4, 0.5) is 0 Å². The first-order valence-corrected chi connectivity index (χ1v) is 17.3. The van der Waals surface area contributed by atoms with Crippen molar-refractivity contribution in [1.29, 1.82) is 0 Å². The summed E-state index contributed by atoms with van der Waals surface area (Å²) in [6.07, 6.45) is 16.1. The molecule has 0 fully saturated rings. The molecule has 0 rings (SSSR count). The van der Waals surface area contributed by atoms with Crippen molar-refractivity contribution >= 4 is 24.8 Å². The minimum Gasteiger partial charge on any atom is -0.781 e. The van der Waals surface area contributed by atoms with Gasteiger partial charge in [0.05, 0.1) is 18.3 Å². The van der Waals surface area contributed by atoms with Crippen molar-refractivity contribution in [1.82, 2.24) is 0 Å². The molecule has 0 aliphatic rings. The molecule has 0 amide bonds. The Morgan fingerprint density at radius 3 is 0.865 bits per heavy atom. The topological polar surface area (TPSA) is 148 Å². The van der Waals surface area contributed by atoms with Crippen LogP contribution in [0.3, 0.4) is 0 Å². The molecule has 0 saturated heterocycles. The second-order valence-electron chi connectivity index (χ2n) is 9.08. The second-order valence-corrected chi connectivity index (χ2v) is 11.3. The molecule has 0 aromatic heterocycles. The van der Waals surface area contributed by atoms with Gasteiger partial charge in [-0.2, -0.15) is 0 Å². The Balaban J connectivity index is -0.000000218. The molecule has 0 bridgehead atoms. The van der Waals surface area contributed by atoms with Crippen molar-refractivity contribution in [3.8, 4) is 0 Å². The Kier molecular flexibility index (Phi) is 42.6. The van der Waals surface area contributed by atoms with Crippen LogP contribution < -0.4 is 14.7 Å².